The lowest BCUT2D eigenvalue weighted by molar-refractivity contribution is -0.116. The largest absolute Gasteiger partial charge is 0.399 e. The molecule has 0 aliphatic heterocycles. The molecule has 5 heteroatoms. The molecular formula is C11H15BrN2O2. The highest BCUT2D eigenvalue weighted by Gasteiger charge is 2.05. The summed E-state index contributed by atoms with van der Waals surface area (Å²) >= 11 is 3.34. The molecule has 16 heavy (non-hydrogen) atoms. The highest BCUT2D eigenvalue weighted by atomic mass is 79.9. The maximum Gasteiger partial charge on any atom is 0.224 e. The van der Waals surface area contributed by atoms with E-state index in [1.165, 1.54) is 0 Å². The average molecular weight is 287 g/mol. The van der Waals surface area contributed by atoms with E-state index in [-0.39, 0.29) is 5.91 Å². The van der Waals surface area contributed by atoms with Crippen molar-refractivity contribution in [2.24, 2.45) is 0 Å². The summed E-state index contributed by atoms with van der Waals surface area (Å²) in [5, 5.41) is 2.80. The lowest BCUT2D eigenvalue weighted by Crippen LogP contribution is -2.12. The second-order valence-corrected chi connectivity index (χ2v) is 4.24. The molecule has 0 bridgehead atoms. The van der Waals surface area contributed by atoms with Crippen LogP contribution in [0.4, 0.5) is 11.4 Å². The number of halogens is 1. The van der Waals surface area contributed by atoms with Gasteiger partial charge in [0, 0.05) is 30.3 Å². The van der Waals surface area contributed by atoms with E-state index in [1.807, 2.05) is 0 Å². The van der Waals surface area contributed by atoms with Crippen molar-refractivity contribution in [3.63, 3.8) is 0 Å². The van der Waals surface area contributed by atoms with Crippen molar-refractivity contribution in [2.75, 3.05) is 24.8 Å². The molecule has 1 rings (SSSR count). The van der Waals surface area contributed by atoms with Crippen LogP contribution in [0.3, 0.4) is 0 Å². The number of amides is 1. The molecule has 0 aliphatic rings. The number of carbonyl (C=O) groups excluding carboxylic acids is 1. The maximum atomic E-state index is 11.5. The molecular weight excluding hydrogens is 272 g/mol. The fourth-order valence-corrected chi connectivity index (χ4v) is 1.72. The van der Waals surface area contributed by atoms with Crippen LogP contribution in [0.25, 0.3) is 0 Å². The van der Waals surface area contributed by atoms with Crippen molar-refractivity contribution in [2.45, 2.75) is 12.8 Å². The Morgan fingerprint density at radius 3 is 2.94 bits per heavy atom. The first-order chi connectivity index (χ1) is 7.63. The van der Waals surface area contributed by atoms with Crippen molar-refractivity contribution in [3.8, 4) is 0 Å². The van der Waals surface area contributed by atoms with Crippen molar-refractivity contribution >= 4 is 33.2 Å². The van der Waals surface area contributed by atoms with E-state index < -0.39 is 0 Å². The summed E-state index contributed by atoms with van der Waals surface area (Å²) in [6, 6.07) is 5.27. The molecule has 0 heterocycles. The Kier molecular flexibility index (Phi) is 5.28. The molecule has 0 atom stereocenters. The second-order valence-electron chi connectivity index (χ2n) is 3.38. The Morgan fingerprint density at radius 1 is 1.56 bits per heavy atom. The van der Waals surface area contributed by atoms with E-state index in [0.29, 0.717) is 18.7 Å². The minimum absolute atomic E-state index is 0.0254. The first-order valence-corrected chi connectivity index (χ1v) is 5.76. The van der Waals surface area contributed by atoms with Gasteiger partial charge in [-0.15, -0.1) is 0 Å². The lowest BCUT2D eigenvalue weighted by Gasteiger charge is -2.07. The lowest BCUT2D eigenvalue weighted by atomic mass is 10.2. The van der Waals surface area contributed by atoms with E-state index in [2.05, 4.69) is 21.2 Å². The molecule has 4 nitrogen and oxygen atoms in total. The zero-order chi connectivity index (χ0) is 12.0. The SMILES string of the molecule is COCCCC(=O)Nc1ccc(N)cc1Br. The quantitative estimate of drug-likeness (QED) is 0.645. The van der Waals surface area contributed by atoms with Gasteiger partial charge in [-0.25, -0.2) is 0 Å². The third kappa shape index (κ3) is 4.20. The maximum absolute atomic E-state index is 11.5. The molecule has 1 amide bonds. The minimum Gasteiger partial charge on any atom is -0.399 e. The van der Waals surface area contributed by atoms with Crippen LogP contribution in [0.1, 0.15) is 12.8 Å². The number of methoxy groups -OCH3 is 1. The van der Waals surface area contributed by atoms with Crippen LogP contribution in [-0.4, -0.2) is 19.6 Å². The van der Waals surface area contributed by atoms with Crippen LogP contribution in [-0.2, 0) is 9.53 Å². The number of rotatable bonds is 5. The average Bonchev–Trinajstić information content (AvgIpc) is 2.23. The molecule has 0 fully saturated rings. The predicted octanol–water partition coefficient (Wildman–Crippen LogP) is 2.40. The molecule has 1 aromatic rings. The van der Waals surface area contributed by atoms with Gasteiger partial charge in [-0.1, -0.05) is 0 Å². The molecule has 3 N–H and O–H groups in total. The van der Waals surface area contributed by atoms with Gasteiger partial charge in [0.05, 0.1) is 5.69 Å². The van der Waals surface area contributed by atoms with Gasteiger partial charge in [0.15, 0.2) is 0 Å². The van der Waals surface area contributed by atoms with Gasteiger partial charge >= 0.3 is 0 Å². The monoisotopic (exact) mass is 286 g/mol. The van der Waals surface area contributed by atoms with Crippen molar-refractivity contribution in [1.82, 2.24) is 0 Å². The standard InChI is InChI=1S/C11H15BrN2O2/c1-16-6-2-3-11(15)14-10-5-4-8(13)7-9(10)12/h4-5,7H,2-3,6,13H2,1H3,(H,14,15). The predicted molar refractivity (Wildman–Crippen MR) is 68.3 cm³/mol. The smallest absolute Gasteiger partial charge is 0.224 e. The topological polar surface area (TPSA) is 64.3 Å². The van der Waals surface area contributed by atoms with Crippen LogP contribution in [0.15, 0.2) is 22.7 Å². The Bertz CT molecular complexity index is 369. The molecule has 0 unspecified atom stereocenters. The highest BCUT2D eigenvalue weighted by Crippen LogP contribution is 2.24. The van der Waals surface area contributed by atoms with Gasteiger partial charge < -0.3 is 15.8 Å². The highest BCUT2D eigenvalue weighted by molar-refractivity contribution is 9.10. The Hall–Kier alpha value is -1.07. The van der Waals surface area contributed by atoms with Crippen LogP contribution < -0.4 is 11.1 Å². The molecule has 0 saturated heterocycles. The fourth-order valence-electron chi connectivity index (χ4n) is 1.22. The summed E-state index contributed by atoms with van der Waals surface area (Å²) in [6.07, 6.45) is 1.17. The summed E-state index contributed by atoms with van der Waals surface area (Å²) in [7, 11) is 1.62. The second kappa shape index (κ2) is 6.50. The molecule has 0 aliphatic carbocycles. The zero-order valence-electron chi connectivity index (χ0n) is 9.13. The minimum atomic E-state index is -0.0254. The Balaban J connectivity index is 2.49. The number of hydrogen-bond acceptors (Lipinski definition) is 3. The van der Waals surface area contributed by atoms with E-state index in [4.69, 9.17) is 10.5 Å². The van der Waals surface area contributed by atoms with E-state index in [1.54, 1.807) is 25.3 Å². The van der Waals surface area contributed by atoms with Gasteiger partial charge in [-0.3, -0.25) is 4.79 Å². The van der Waals surface area contributed by atoms with Crippen LogP contribution in [0.5, 0.6) is 0 Å². The third-order valence-corrected chi connectivity index (χ3v) is 2.68. The molecule has 88 valence electrons. The number of hydrogen-bond donors (Lipinski definition) is 2. The summed E-state index contributed by atoms with van der Waals surface area (Å²) in [6.45, 7) is 0.594. The summed E-state index contributed by atoms with van der Waals surface area (Å²) < 4.78 is 5.66. The van der Waals surface area contributed by atoms with Crippen molar-refractivity contribution < 1.29 is 9.53 Å². The molecule has 1 aromatic carbocycles. The number of benzene rings is 1. The molecule has 0 aromatic heterocycles. The Labute approximate surface area is 103 Å². The number of ether oxygens (including phenoxy) is 1. The number of anilines is 2. The van der Waals surface area contributed by atoms with Gasteiger partial charge in [-0.05, 0) is 40.5 Å². The van der Waals surface area contributed by atoms with Gasteiger partial charge in [0.1, 0.15) is 0 Å². The fraction of sp³-hybridized carbons (Fsp3) is 0.364. The zero-order valence-corrected chi connectivity index (χ0v) is 10.7. The summed E-state index contributed by atoms with van der Waals surface area (Å²) in [5.74, 6) is -0.0254. The van der Waals surface area contributed by atoms with E-state index in [0.717, 1.165) is 16.6 Å². The third-order valence-electron chi connectivity index (χ3n) is 2.02. The van der Waals surface area contributed by atoms with Crippen molar-refractivity contribution in [1.29, 1.82) is 0 Å². The van der Waals surface area contributed by atoms with Crippen LogP contribution in [0.2, 0.25) is 0 Å². The van der Waals surface area contributed by atoms with Gasteiger partial charge in [-0.2, -0.15) is 0 Å². The van der Waals surface area contributed by atoms with Gasteiger partial charge in [0.2, 0.25) is 5.91 Å². The number of nitrogens with two attached hydrogens (primary N) is 1. The first kappa shape index (κ1) is 13.0. The van der Waals surface area contributed by atoms with E-state index in [9.17, 15) is 4.79 Å². The molecule has 0 saturated carbocycles. The number of nitrogens with one attached hydrogen (secondary N) is 1. The molecule has 0 radical (unpaired) electrons. The van der Waals surface area contributed by atoms with Crippen LogP contribution >= 0.6 is 15.9 Å². The van der Waals surface area contributed by atoms with Crippen LogP contribution in [0, 0.1) is 0 Å². The Morgan fingerprint density at radius 2 is 2.31 bits per heavy atom. The number of carbonyl (C=O) groups is 1. The first-order valence-electron chi connectivity index (χ1n) is 4.97. The summed E-state index contributed by atoms with van der Waals surface area (Å²) in [4.78, 5) is 11.5. The summed E-state index contributed by atoms with van der Waals surface area (Å²) in [5.41, 5.74) is 6.99. The normalized spacial score (nSPS) is 10.1. The van der Waals surface area contributed by atoms with Gasteiger partial charge in [0.25, 0.3) is 0 Å². The molecule has 0 spiro atoms. The number of nitrogen functional groups attached to an aromatic ring is 1. The van der Waals surface area contributed by atoms with E-state index >= 15 is 0 Å². The van der Waals surface area contributed by atoms with Crippen molar-refractivity contribution in [3.05, 3.63) is 22.7 Å².